The topological polar surface area (TPSA) is 59.1 Å². The molecule has 0 radical (unpaired) electrons. The zero-order valence-corrected chi connectivity index (χ0v) is 7.48. The SMILES string of the molecule is CCc1nc(C(C)O)sc1N. The van der Waals surface area contributed by atoms with Crippen LogP contribution >= 0.6 is 11.3 Å². The van der Waals surface area contributed by atoms with Gasteiger partial charge in [-0.1, -0.05) is 18.3 Å². The fraction of sp³-hybridized carbons (Fsp3) is 0.571. The van der Waals surface area contributed by atoms with Crippen LogP contribution in [0.1, 0.15) is 30.7 Å². The molecule has 1 heterocycles. The number of rotatable bonds is 2. The lowest BCUT2D eigenvalue weighted by atomic mass is 10.3. The van der Waals surface area contributed by atoms with Crippen molar-refractivity contribution in [2.24, 2.45) is 0 Å². The second-order valence-corrected chi connectivity index (χ2v) is 3.45. The van der Waals surface area contributed by atoms with E-state index in [1.54, 1.807) is 6.92 Å². The first-order valence-electron chi connectivity index (χ1n) is 3.58. The molecule has 1 aromatic heterocycles. The van der Waals surface area contributed by atoms with Crippen LogP contribution in [0.4, 0.5) is 5.00 Å². The molecule has 1 rings (SSSR count). The van der Waals surface area contributed by atoms with E-state index in [-0.39, 0.29) is 0 Å². The van der Waals surface area contributed by atoms with Gasteiger partial charge in [0, 0.05) is 0 Å². The number of nitrogen functional groups attached to an aromatic ring is 1. The number of nitrogens with zero attached hydrogens (tertiary/aromatic N) is 1. The minimum atomic E-state index is -0.498. The number of thiazole rings is 1. The van der Waals surface area contributed by atoms with E-state index in [2.05, 4.69) is 4.98 Å². The number of hydrogen-bond donors (Lipinski definition) is 2. The predicted molar refractivity (Wildman–Crippen MR) is 46.5 cm³/mol. The molecule has 11 heavy (non-hydrogen) atoms. The summed E-state index contributed by atoms with van der Waals surface area (Å²) in [6, 6.07) is 0. The molecule has 4 heteroatoms. The third-order valence-electron chi connectivity index (χ3n) is 1.44. The molecule has 0 saturated carbocycles. The van der Waals surface area contributed by atoms with Gasteiger partial charge >= 0.3 is 0 Å². The van der Waals surface area contributed by atoms with Gasteiger partial charge in [0.1, 0.15) is 16.1 Å². The predicted octanol–water partition coefficient (Wildman–Crippen LogP) is 1.34. The van der Waals surface area contributed by atoms with Crippen molar-refractivity contribution in [2.45, 2.75) is 26.4 Å². The Bertz CT molecular complexity index is 245. The largest absolute Gasteiger partial charge is 0.389 e. The van der Waals surface area contributed by atoms with Crippen molar-refractivity contribution >= 4 is 16.3 Å². The summed E-state index contributed by atoms with van der Waals surface area (Å²) in [6.45, 7) is 3.69. The first kappa shape index (κ1) is 8.49. The molecule has 0 aromatic carbocycles. The van der Waals surface area contributed by atoms with E-state index in [1.807, 2.05) is 6.92 Å². The molecule has 0 aliphatic heterocycles. The monoisotopic (exact) mass is 172 g/mol. The molecule has 0 aliphatic rings. The van der Waals surface area contributed by atoms with Crippen LogP contribution in [-0.4, -0.2) is 10.1 Å². The third kappa shape index (κ3) is 1.70. The van der Waals surface area contributed by atoms with Crippen molar-refractivity contribution in [2.75, 3.05) is 5.73 Å². The second-order valence-electron chi connectivity index (χ2n) is 2.39. The van der Waals surface area contributed by atoms with Gasteiger partial charge in [0.2, 0.25) is 0 Å². The fourth-order valence-corrected chi connectivity index (χ4v) is 1.67. The number of aryl methyl sites for hydroxylation is 1. The zero-order valence-electron chi connectivity index (χ0n) is 6.66. The minimum Gasteiger partial charge on any atom is -0.389 e. The molecule has 1 aromatic rings. The summed E-state index contributed by atoms with van der Waals surface area (Å²) < 4.78 is 0. The molecule has 62 valence electrons. The molecule has 0 saturated heterocycles. The first-order chi connectivity index (χ1) is 5.15. The molecule has 1 atom stereocenters. The lowest BCUT2D eigenvalue weighted by molar-refractivity contribution is 0.198. The summed E-state index contributed by atoms with van der Waals surface area (Å²) in [6.07, 6.45) is 0.331. The molecule has 0 amide bonds. The van der Waals surface area contributed by atoms with E-state index in [1.165, 1.54) is 11.3 Å². The van der Waals surface area contributed by atoms with Crippen LogP contribution in [0.5, 0.6) is 0 Å². The van der Waals surface area contributed by atoms with Crippen LogP contribution in [0.2, 0.25) is 0 Å². The summed E-state index contributed by atoms with van der Waals surface area (Å²) in [5, 5.41) is 10.6. The highest BCUT2D eigenvalue weighted by atomic mass is 32.1. The fourth-order valence-electron chi connectivity index (χ4n) is 0.814. The number of nitrogens with two attached hydrogens (primary N) is 1. The van der Waals surface area contributed by atoms with E-state index < -0.39 is 6.10 Å². The van der Waals surface area contributed by atoms with Gasteiger partial charge in [0.15, 0.2) is 0 Å². The third-order valence-corrected chi connectivity index (χ3v) is 2.53. The van der Waals surface area contributed by atoms with Crippen molar-refractivity contribution in [3.8, 4) is 0 Å². The van der Waals surface area contributed by atoms with Crippen LogP contribution < -0.4 is 5.73 Å². The summed E-state index contributed by atoms with van der Waals surface area (Å²) in [7, 11) is 0. The van der Waals surface area contributed by atoms with E-state index in [9.17, 15) is 0 Å². The van der Waals surface area contributed by atoms with Crippen LogP contribution in [0.3, 0.4) is 0 Å². The van der Waals surface area contributed by atoms with Crippen LogP contribution in [0.25, 0.3) is 0 Å². The summed E-state index contributed by atoms with van der Waals surface area (Å²) in [5.74, 6) is 0. The Morgan fingerprint density at radius 2 is 2.36 bits per heavy atom. The Morgan fingerprint density at radius 1 is 1.73 bits per heavy atom. The van der Waals surface area contributed by atoms with Gasteiger partial charge in [-0.3, -0.25) is 0 Å². The van der Waals surface area contributed by atoms with Crippen molar-refractivity contribution in [1.82, 2.24) is 4.98 Å². The maximum absolute atomic E-state index is 9.15. The second kappa shape index (κ2) is 3.19. The molecular weight excluding hydrogens is 160 g/mol. The van der Waals surface area contributed by atoms with Gasteiger partial charge in [-0.05, 0) is 13.3 Å². The average Bonchev–Trinajstić information content (AvgIpc) is 2.31. The van der Waals surface area contributed by atoms with Crippen LogP contribution in [0, 0.1) is 0 Å². The van der Waals surface area contributed by atoms with E-state index in [0.717, 1.165) is 17.1 Å². The van der Waals surface area contributed by atoms with Crippen molar-refractivity contribution in [3.05, 3.63) is 10.7 Å². The van der Waals surface area contributed by atoms with Gasteiger partial charge < -0.3 is 10.8 Å². The molecule has 0 aliphatic carbocycles. The Labute approximate surface area is 69.9 Å². The molecular formula is C7H12N2OS. The van der Waals surface area contributed by atoms with Crippen LogP contribution in [-0.2, 0) is 6.42 Å². The standard InChI is InChI=1S/C7H12N2OS/c1-3-5-6(8)11-7(9-5)4(2)10/h4,10H,3,8H2,1-2H3. The Kier molecular flexibility index (Phi) is 2.46. The Balaban J connectivity index is 2.95. The zero-order chi connectivity index (χ0) is 8.43. The van der Waals surface area contributed by atoms with E-state index in [0.29, 0.717) is 5.01 Å². The highest BCUT2D eigenvalue weighted by Gasteiger charge is 2.09. The summed E-state index contributed by atoms with van der Waals surface area (Å²) >= 11 is 1.36. The average molecular weight is 172 g/mol. The van der Waals surface area contributed by atoms with Crippen molar-refractivity contribution in [3.63, 3.8) is 0 Å². The number of aromatic nitrogens is 1. The molecule has 3 nitrogen and oxygen atoms in total. The highest BCUT2D eigenvalue weighted by molar-refractivity contribution is 7.15. The number of anilines is 1. The van der Waals surface area contributed by atoms with E-state index in [4.69, 9.17) is 10.8 Å². The van der Waals surface area contributed by atoms with Gasteiger partial charge in [0.25, 0.3) is 0 Å². The quantitative estimate of drug-likeness (QED) is 0.707. The molecule has 3 N–H and O–H groups in total. The summed E-state index contributed by atoms with van der Waals surface area (Å²) in [5.41, 5.74) is 6.53. The minimum absolute atomic E-state index is 0.498. The lowest BCUT2D eigenvalue weighted by Gasteiger charge is -1.94. The lowest BCUT2D eigenvalue weighted by Crippen LogP contribution is -1.91. The molecule has 1 unspecified atom stereocenters. The summed E-state index contributed by atoms with van der Waals surface area (Å²) in [4.78, 5) is 4.17. The van der Waals surface area contributed by atoms with Crippen molar-refractivity contribution < 1.29 is 5.11 Å². The van der Waals surface area contributed by atoms with Gasteiger partial charge in [-0.2, -0.15) is 0 Å². The van der Waals surface area contributed by atoms with Gasteiger partial charge in [0.05, 0.1) is 5.69 Å². The normalized spacial score (nSPS) is 13.4. The molecule has 0 spiro atoms. The van der Waals surface area contributed by atoms with E-state index >= 15 is 0 Å². The smallest absolute Gasteiger partial charge is 0.123 e. The maximum Gasteiger partial charge on any atom is 0.123 e. The number of aliphatic hydroxyl groups is 1. The Hall–Kier alpha value is -0.610. The number of hydrogen-bond acceptors (Lipinski definition) is 4. The molecule has 0 bridgehead atoms. The van der Waals surface area contributed by atoms with Gasteiger partial charge in [-0.25, -0.2) is 4.98 Å². The maximum atomic E-state index is 9.15. The van der Waals surface area contributed by atoms with Gasteiger partial charge in [-0.15, -0.1) is 0 Å². The molecule has 0 fully saturated rings. The van der Waals surface area contributed by atoms with Crippen molar-refractivity contribution in [1.29, 1.82) is 0 Å². The Morgan fingerprint density at radius 3 is 2.64 bits per heavy atom. The highest BCUT2D eigenvalue weighted by Crippen LogP contribution is 2.25. The first-order valence-corrected chi connectivity index (χ1v) is 4.40. The van der Waals surface area contributed by atoms with Crippen LogP contribution in [0.15, 0.2) is 0 Å². The number of aliphatic hydroxyl groups excluding tert-OH is 1.